The maximum atomic E-state index is 11.6. The molecule has 23 heavy (non-hydrogen) atoms. The molecule has 0 bridgehead atoms. The summed E-state index contributed by atoms with van der Waals surface area (Å²) in [7, 11) is 1.46. The Labute approximate surface area is 143 Å². The zero-order valence-corrected chi connectivity index (χ0v) is 15.5. The molecule has 6 heteroatoms. The van der Waals surface area contributed by atoms with Crippen molar-refractivity contribution in [3.05, 3.63) is 11.6 Å². The van der Waals surface area contributed by atoms with E-state index in [0.29, 0.717) is 25.0 Å². The van der Waals surface area contributed by atoms with Gasteiger partial charge in [-0.3, -0.25) is 0 Å². The van der Waals surface area contributed by atoms with Gasteiger partial charge in [0, 0.05) is 12.9 Å². The molecule has 1 saturated heterocycles. The zero-order valence-electron chi connectivity index (χ0n) is 14.7. The second-order valence-corrected chi connectivity index (χ2v) is 8.09. The number of aliphatic hydroxyl groups is 3. The van der Waals surface area contributed by atoms with Gasteiger partial charge in [0.1, 0.15) is 17.3 Å². The maximum absolute atomic E-state index is 11.6. The van der Waals surface area contributed by atoms with Crippen LogP contribution >= 0.6 is 11.8 Å². The minimum atomic E-state index is -1.66. The smallest absolute Gasteiger partial charge is 0.154 e. The Balaban J connectivity index is 2.37. The highest BCUT2D eigenvalue weighted by Gasteiger charge is 2.76. The molecular formula is C17H30O5S. The molecule has 0 aromatic heterocycles. The fourth-order valence-corrected chi connectivity index (χ4v) is 4.82. The molecule has 134 valence electrons. The maximum Gasteiger partial charge on any atom is 0.154 e. The number of thioether (sulfide) groups is 1. The predicted octanol–water partition coefficient (Wildman–Crippen LogP) is 1.50. The lowest BCUT2D eigenvalue weighted by molar-refractivity contribution is -0.271. The van der Waals surface area contributed by atoms with Gasteiger partial charge < -0.3 is 24.8 Å². The molecule has 1 saturated carbocycles. The first kappa shape index (κ1) is 19.2. The van der Waals surface area contributed by atoms with Crippen LogP contribution in [0.25, 0.3) is 0 Å². The standard InChI is InChI=1S/C17H30O5S/c1-11(2)6-7-13-15(3,22-13)17(20)14(21-4)12(18)8-9-16(17,19)10-23-5/h6,12-14,18-20H,7-10H2,1-5H3/t12-,13-,14-,15+,16+,17+/m1/s1. The number of aliphatic hydroxyl groups excluding tert-OH is 1. The summed E-state index contributed by atoms with van der Waals surface area (Å²) in [4.78, 5) is 0. The van der Waals surface area contributed by atoms with Crippen LogP contribution in [0, 0.1) is 0 Å². The number of hydrogen-bond acceptors (Lipinski definition) is 6. The summed E-state index contributed by atoms with van der Waals surface area (Å²) in [6.07, 6.45) is 3.44. The van der Waals surface area contributed by atoms with E-state index in [-0.39, 0.29) is 6.10 Å². The highest BCUT2D eigenvalue weighted by molar-refractivity contribution is 7.98. The van der Waals surface area contributed by atoms with Gasteiger partial charge in [-0.05, 0) is 46.3 Å². The van der Waals surface area contributed by atoms with E-state index in [2.05, 4.69) is 6.08 Å². The van der Waals surface area contributed by atoms with Crippen LogP contribution in [-0.4, -0.2) is 69.6 Å². The highest BCUT2D eigenvalue weighted by Crippen LogP contribution is 2.57. The van der Waals surface area contributed by atoms with E-state index in [1.165, 1.54) is 24.4 Å². The second-order valence-electron chi connectivity index (χ2n) is 7.22. The first-order valence-corrected chi connectivity index (χ1v) is 9.51. The van der Waals surface area contributed by atoms with Crippen molar-refractivity contribution >= 4 is 11.8 Å². The quantitative estimate of drug-likeness (QED) is 0.499. The average molecular weight is 346 g/mol. The molecule has 6 atom stereocenters. The van der Waals surface area contributed by atoms with Crippen molar-refractivity contribution in [1.29, 1.82) is 0 Å². The number of rotatable bonds is 6. The lowest BCUT2D eigenvalue weighted by Gasteiger charge is -2.54. The Bertz CT molecular complexity index is 466. The van der Waals surface area contributed by atoms with Gasteiger partial charge in [-0.15, -0.1) is 0 Å². The Kier molecular flexibility index (Phi) is 5.56. The van der Waals surface area contributed by atoms with Crippen molar-refractivity contribution in [2.75, 3.05) is 19.1 Å². The molecule has 2 fully saturated rings. The second kappa shape index (κ2) is 6.65. The lowest BCUT2D eigenvalue weighted by Crippen LogP contribution is -2.75. The van der Waals surface area contributed by atoms with Crippen LogP contribution < -0.4 is 0 Å². The Hall–Kier alpha value is -0.110. The summed E-state index contributed by atoms with van der Waals surface area (Å²) in [6.45, 7) is 5.84. The van der Waals surface area contributed by atoms with Crippen LogP contribution in [0.15, 0.2) is 11.6 Å². The van der Waals surface area contributed by atoms with Gasteiger partial charge in [-0.1, -0.05) is 11.6 Å². The Morgan fingerprint density at radius 2 is 2.04 bits per heavy atom. The van der Waals surface area contributed by atoms with Gasteiger partial charge in [0.25, 0.3) is 0 Å². The monoisotopic (exact) mass is 346 g/mol. The topological polar surface area (TPSA) is 82.5 Å². The molecule has 5 nitrogen and oxygen atoms in total. The predicted molar refractivity (Wildman–Crippen MR) is 91.6 cm³/mol. The lowest BCUT2D eigenvalue weighted by atomic mass is 9.62. The summed E-state index contributed by atoms with van der Waals surface area (Å²) < 4.78 is 11.3. The molecule has 1 aliphatic carbocycles. The molecule has 0 unspecified atom stereocenters. The number of epoxide rings is 1. The number of methoxy groups -OCH3 is 1. The third kappa shape index (κ3) is 2.98. The summed E-state index contributed by atoms with van der Waals surface area (Å²) in [5.41, 5.74) is -2.77. The van der Waals surface area contributed by atoms with Gasteiger partial charge in [0.2, 0.25) is 0 Å². The first-order valence-electron chi connectivity index (χ1n) is 8.12. The molecule has 0 aromatic rings. The summed E-state index contributed by atoms with van der Waals surface area (Å²) in [5.74, 6) is 0.365. The normalized spacial score (nSPS) is 46.5. The molecule has 1 heterocycles. The van der Waals surface area contributed by atoms with Crippen molar-refractivity contribution in [3.8, 4) is 0 Å². The van der Waals surface area contributed by atoms with Crippen LogP contribution in [0.1, 0.15) is 40.0 Å². The van der Waals surface area contributed by atoms with Gasteiger partial charge in [-0.2, -0.15) is 11.8 Å². The van der Waals surface area contributed by atoms with Crippen molar-refractivity contribution < 1.29 is 24.8 Å². The van der Waals surface area contributed by atoms with E-state index in [1.54, 1.807) is 0 Å². The van der Waals surface area contributed by atoms with Gasteiger partial charge in [-0.25, -0.2) is 0 Å². The molecule has 3 N–H and O–H groups in total. The van der Waals surface area contributed by atoms with Crippen LogP contribution in [0.2, 0.25) is 0 Å². The Morgan fingerprint density at radius 3 is 2.57 bits per heavy atom. The molecule has 0 radical (unpaired) electrons. The fourth-order valence-electron chi connectivity index (χ4n) is 3.98. The van der Waals surface area contributed by atoms with Gasteiger partial charge in [0.05, 0.1) is 12.2 Å². The summed E-state index contributed by atoms with van der Waals surface area (Å²) in [5, 5.41) is 33.1. The minimum absolute atomic E-state index is 0.196. The van der Waals surface area contributed by atoms with E-state index in [1.807, 2.05) is 27.0 Å². The van der Waals surface area contributed by atoms with Crippen molar-refractivity contribution in [2.24, 2.45) is 0 Å². The summed E-state index contributed by atoms with van der Waals surface area (Å²) in [6, 6.07) is 0. The van der Waals surface area contributed by atoms with E-state index in [9.17, 15) is 15.3 Å². The van der Waals surface area contributed by atoms with E-state index in [0.717, 1.165) is 0 Å². The van der Waals surface area contributed by atoms with Crippen molar-refractivity contribution in [2.45, 2.75) is 75.1 Å². The zero-order chi connectivity index (χ0) is 17.5. The molecule has 0 spiro atoms. The first-order chi connectivity index (χ1) is 10.7. The number of hydrogen-bond donors (Lipinski definition) is 3. The summed E-state index contributed by atoms with van der Waals surface area (Å²) >= 11 is 1.47. The SMILES string of the molecule is CO[C@@H]1[C@H](O)CC[C@](O)(CSC)[C@@]1(O)[C@@]1(C)O[C@@H]1CC=C(C)C. The minimum Gasteiger partial charge on any atom is -0.390 e. The van der Waals surface area contributed by atoms with E-state index in [4.69, 9.17) is 9.47 Å². The fraction of sp³-hybridized carbons (Fsp3) is 0.882. The molecule has 1 aliphatic heterocycles. The van der Waals surface area contributed by atoms with Crippen LogP contribution in [-0.2, 0) is 9.47 Å². The van der Waals surface area contributed by atoms with E-state index < -0.39 is 29.0 Å². The van der Waals surface area contributed by atoms with Crippen LogP contribution in [0.4, 0.5) is 0 Å². The Morgan fingerprint density at radius 1 is 1.39 bits per heavy atom. The van der Waals surface area contributed by atoms with Crippen molar-refractivity contribution in [1.82, 2.24) is 0 Å². The average Bonchev–Trinajstić information content (AvgIpc) is 3.15. The number of ether oxygens (including phenoxy) is 2. The van der Waals surface area contributed by atoms with Crippen molar-refractivity contribution in [3.63, 3.8) is 0 Å². The molecule has 2 aliphatic rings. The van der Waals surface area contributed by atoms with Crippen LogP contribution in [0.5, 0.6) is 0 Å². The largest absolute Gasteiger partial charge is 0.390 e. The molecular weight excluding hydrogens is 316 g/mol. The van der Waals surface area contributed by atoms with Gasteiger partial charge >= 0.3 is 0 Å². The highest BCUT2D eigenvalue weighted by atomic mass is 32.2. The third-order valence-corrected chi connectivity index (χ3v) is 6.17. The van der Waals surface area contributed by atoms with Crippen LogP contribution in [0.3, 0.4) is 0 Å². The molecule has 2 rings (SSSR count). The molecule has 0 aromatic carbocycles. The molecule has 0 amide bonds. The number of allylic oxidation sites excluding steroid dienone is 1. The third-order valence-electron chi connectivity index (χ3n) is 5.40. The van der Waals surface area contributed by atoms with Gasteiger partial charge in [0.15, 0.2) is 5.60 Å². The van der Waals surface area contributed by atoms with E-state index >= 15 is 0 Å².